The predicted molar refractivity (Wildman–Crippen MR) is 123 cm³/mol. The molecular weight excluding hydrogens is 453 g/mol. The van der Waals surface area contributed by atoms with Crippen molar-refractivity contribution in [3.05, 3.63) is 35.9 Å². The van der Waals surface area contributed by atoms with E-state index in [2.05, 4.69) is 45.5 Å². The quantitative estimate of drug-likeness (QED) is 0.224. The number of aliphatic imine (C=N–C) groups is 1. The van der Waals surface area contributed by atoms with Gasteiger partial charge in [0, 0.05) is 39.7 Å². The molecule has 1 aromatic carbocycles. The number of ether oxygens (including phenoxy) is 2. The van der Waals surface area contributed by atoms with Crippen molar-refractivity contribution in [1.82, 2.24) is 10.2 Å². The molecular formula is C21H36IN3O2. The number of hydrogen-bond donors (Lipinski definition) is 1. The Morgan fingerprint density at radius 3 is 2.74 bits per heavy atom. The lowest BCUT2D eigenvalue weighted by Gasteiger charge is -2.21. The van der Waals surface area contributed by atoms with Crippen LogP contribution in [0.3, 0.4) is 0 Å². The number of rotatable bonds is 11. The molecule has 0 aromatic heterocycles. The summed E-state index contributed by atoms with van der Waals surface area (Å²) in [5.41, 5.74) is 1.44. The van der Waals surface area contributed by atoms with Crippen molar-refractivity contribution in [1.29, 1.82) is 0 Å². The second kappa shape index (κ2) is 15.1. The summed E-state index contributed by atoms with van der Waals surface area (Å²) in [7, 11) is 3.58. The van der Waals surface area contributed by atoms with Crippen molar-refractivity contribution in [2.45, 2.75) is 32.1 Å². The number of aryl methyl sites for hydroxylation is 1. The number of likely N-dealkylation sites (tertiary alicyclic amines) is 1. The van der Waals surface area contributed by atoms with Gasteiger partial charge in [-0.15, -0.1) is 24.0 Å². The minimum absolute atomic E-state index is 0. The van der Waals surface area contributed by atoms with Crippen LogP contribution in [0.15, 0.2) is 35.3 Å². The molecule has 1 unspecified atom stereocenters. The van der Waals surface area contributed by atoms with Crippen LogP contribution < -0.4 is 5.32 Å². The average Bonchev–Trinajstić information content (AvgIpc) is 3.14. The third-order valence-corrected chi connectivity index (χ3v) is 4.85. The van der Waals surface area contributed by atoms with E-state index in [0.717, 1.165) is 32.2 Å². The molecule has 0 aliphatic carbocycles. The van der Waals surface area contributed by atoms with E-state index in [4.69, 9.17) is 9.47 Å². The summed E-state index contributed by atoms with van der Waals surface area (Å²) >= 11 is 0. The van der Waals surface area contributed by atoms with Crippen molar-refractivity contribution >= 4 is 29.9 Å². The molecule has 0 amide bonds. The summed E-state index contributed by atoms with van der Waals surface area (Å²) in [6.07, 6.45) is 6.02. The van der Waals surface area contributed by atoms with E-state index in [9.17, 15) is 0 Å². The Morgan fingerprint density at radius 2 is 2.00 bits per heavy atom. The second-order valence-corrected chi connectivity index (χ2v) is 6.94. The zero-order valence-corrected chi connectivity index (χ0v) is 19.2. The van der Waals surface area contributed by atoms with Crippen molar-refractivity contribution < 1.29 is 9.47 Å². The van der Waals surface area contributed by atoms with Gasteiger partial charge in [0.15, 0.2) is 5.96 Å². The highest BCUT2D eigenvalue weighted by atomic mass is 127. The third kappa shape index (κ3) is 9.76. The van der Waals surface area contributed by atoms with Crippen molar-refractivity contribution in [3.8, 4) is 0 Å². The molecule has 5 nitrogen and oxygen atoms in total. The van der Waals surface area contributed by atoms with Crippen LogP contribution in [0.4, 0.5) is 0 Å². The standard InChI is InChI=1S/C21H35N3O2.HI/c1-22-21(24-14-12-20(17-24)18-26-16-15-25-2)23-13-8-4-7-11-19-9-5-3-6-10-19;/h3,5-6,9-10,20H,4,7-8,11-18H2,1-2H3,(H,22,23);1H. The van der Waals surface area contributed by atoms with Gasteiger partial charge in [-0.05, 0) is 31.2 Å². The fourth-order valence-electron chi connectivity index (χ4n) is 3.36. The van der Waals surface area contributed by atoms with Crippen molar-refractivity contribution in [3.63, 3.8) is 0 Å². The first kappa shape index (κ1) is 24.2. The molecule has 1 fully saturated rings. The van der Waals surface area contributed by atoms with Crippen molar-refractivity contribution in [2.24, 2.45) is 10.9 Å². The van der Waals surface area contributed by atoms with Gasteiger partial charge in [-0.1, -0.05) is 36.8 Å². The van der Waals surface area contributed by atoms with Crippen LogP contribution in [-0.4, -0.2) is 64.5 Å². The highest BCUT2D eigenvalue weighted by Crippen LogP contribution is 2.16. The first-order valence-corrected chi connectivity index (χ1v) is 9.89. The summed E-state index contributed by atoms with van der Waals surface area (Å²) in [6.45, 7) is 5.25. The molecule has 27 heavy (non-hydrogen) atoms. The molecule has 1 N–H and O–H groups in total. The number of nitrogens with one attached hydrogen (secondary N) is 1. The fourth-order valence-corrected chi connectivity index (χ4v) is 3.36. The SMILES string of the molecule is CN=C(NCCCCCc1ccccc1)N1CCC(COCCOC)C1.I. The Hall–Kier alpha value is -0.860. The van der Waals surface area contributed by atoms with Gasteiger partial charge >= 0.3 is 0 Å². The van der Waals surface area contributed by atoms with E-state index in [0.29, 0.717) is 19.1 Å². The molecule has 0 spiro atoms. The first-order valence-electron chi connectivity index (χ1n) is 9.89. The van der Waals surface area contributed by atoms with Crippen LogP contribution in [0, 0.1) is 5.92 Å². The number of hydrogen-bond acceptors (Lipinski definition) is 3. The van der Waals surface area contributed by atoms with Crippen molar-refractivity contribution in [2.75, 3.05) is 53.6 Å². The molecule has 1 saturated heterocycles. The molecule has 2 rings (SSSR count). The fraction of sp³-hybridized carbons (Fsp3) is 0.667. The maximum absolute atomic E-state index is 5.67. The number of methoxy groups -OCH3 is 1. The van der Waals surface area contributed by atoms with E-state index >= 15 is 0 Å². The zero-order valence-electron chi connectivity index (χ0n) is 16.9. The lowest BCUT2D eigenvalue weighted by Crippen LogP contribution is -2.40. The van der Waals surface area contributed by atoms with Gasteiger partial charge in [-0.3, -0.25) is 4.99 Å². The zero-order chi connectivity index (χ0) is 18.5. The van der Waals surface area contributed by atoms with E-state index in [1.807, 2.05) is 7.05 Å². The topological polar surface area (TPSA) is 46.1 Å². The number of nitrogens with zero attached hydrogens (tertiary/aromatic N) is 2. The van der Waals surface area contributed by atoms with Crippen LogP contribution in [0.2, 0.25) is 0 Å². The van der Waals surface area contributed by atoms with Crippen LogP contribution in [0.25, 0.3) is 0 Å². The van der Waals surface area contributed by atoms with E-state index in [-0.39, 0.29) is 24.0 Å². The summed E-state index contributed by atoms with van der Waals surface area (Å²) in [5.74, 6) is 1.63. The lowest BCUT2D eigenvalue weighted by atomic mass is 10.1. The average molecular weight is 489 g/mol. The Bertz CT molecular complexity index is 513. The highest BCUT2D eigenvalue weighted by molar-refractivity contribution is 14.0. The van der Waals surface area contributed by atoms with Crippen LogP contribution in [0.1, 0.15) is 31.2 Å². The van der Waals surface area contributed by atoms with Gasteiger partial charge < -0.3 is 19.7 Å². The predicted octanol–water partition coefficient (Wildman–Crippen LogP) is 3.58. The van der Waals surface area contributed by atoms with Gasteiger partial charge in [0.25, 0.3) is 0 Å². The molecule has 1 aliphatic rings. The number of halogens is 1. The molecule has 154 valence electrons. The Morgan fingerprint density at radius 1 is 1.19 bits per heavy atom. The number of benzene rings is 1. The van der Waals surface area contributed by atoms with E-state index < -0.39 is 0 Å². The van der Waals surface area contributed by atoms with Crippen LogP contribution >= 0.6 is 24.0 Å². The minimum atomic E-state index is 0. The van der Waals surface area contributed by atoms with Crippen LogP contribution in [0.5, 0.6) is 0 Å². The largest absolute Gasteiger partial charge is 0.382 e. The van der Waals surface area contributed by atoms with Gasteiger partial charge in [-0.2, -0.15) is 0 Å². The third-order valence-electron chi connectivity index (χ3n) is 4.85. The molecule has 6 heteroatoms. The van der Waals surface area contributed by atoms with Gasteiger partial charge in [0.1, 0.15) is 0 Å². The molecule has 0 saturated carbocycles. The molecule has 0 bridgehead atoms. The van der Waals surface area contributed by atoms with E-state index in [1.165, 1.54) is 37.7 Å². The molecule has 0 radical (unpaired) electrons. The molecule has 1 atom stereocenters. The maximum Gasteiger partial charge on any atom is 0.193 e. The molecule has 1 aromatic rings. The molecule has 1 aliphatic heterocycles. The second-order valence-electron chi connectivity index (χ2n) is 6.94. The maximum atomic E-state index is 5.67. The Kier molecular flexibility index (Phi) is 13.5. The molecule has 1 heterocycles. The number of guanidine groups is 1. The highest BCUT2D eigenvalue weighted by Gasteiger charge is 2.24. The number of unbranched alkanes of at least 4 members (excludes halogenated alkanes) is 2. The first-order chi connectivity index (χ1) is 12.8. The Balaban J connectivity index is 0.00000364. The van der Waals surface area contributed by atoms with Gasteiger partial charge in [-0.25, -0.2) is 0 Å². The Labute approximate surface area is 181 Å². The lowest BCUT2D eigenvalue weighted by molar-refractivity contribution is 0.0536. The summed E-state index contributed by atoms with van der Waals surface area (Å²) in [5, 5.41) is 3.52. The van der Waals surface area contributed by atoms with Gasteiger partial charge in [0.2, 0.25) is 0 Å². The monoisotopic (exact) mass is 489 g/mol. The van der Waals surface area contributed by atoms with E-state index in [1.54, 1.807) is 7.11 Å². The summed E-state index contributed by atoms with van der Waals surface area (Å²) in [6, 6.07) is 10.7. The minimum Gasteiger partial charge on any atom is -0.382 e. The summed E-state index contributed by atoms with van der Waals surface area (Å²) < 4.78 is 10.7. The van der Waals surface area contributed by atoms with Crippen LogP contribution in [-0.2, 0) is 15.9 Å². The normalized spacial score (nSPS) is 17.0. The van der Waals surface area contributed by atoms with Gasteiger partial charge in [0.05, 0.1) is 19.8 Å². The summed E-state index contributed by atoms with van der Waals surface area (Å²) in [4.78, 5) is 6.81. The smallest absolute Gasteiger partial charge is 0.193 e.